The van der Waals surface area contributed by atoms with Crippen molar-refractivity contribution in [3.63, 3.8) is 0 Å². The second-order valence-corrected chi connectivity index (χ2v) is 9.66. The van der Waals surface area contributed by atoms with Crippen LogP contribution in [0.5, 0.6) is 0 Å². The monoisotopic (exact) mass is 446 g/mol. The lowest BCUT2D eigenvalue weighted by molar-refractivity contribution is -0.198. The Morgan fingerprint density at radius 1 is 1.03 bits per heavy atom. The van der Waals surface area contributed by atoms with E-state index in [9.17, 15) is 24.9 Å². The molecule has 3 N–H and O–H groups in total. The third-order valence-corrected chi connectivity index (χ3v) is 7.01. The predicted octanol–water partition coefficient (Wildman–Crippen LogP) is 1.72. The standard InChI is InChI=1S/C23H42O8/c1-10-16-23(7,28)19(25)13(3)17(24)12(2)11-22(6,27)20(30-9)14(4)18(29-8)15(5)21(26)31-16/h12-16,18-20,25,27-28H,10-11H2,1-9H3/t12-,13+,14+,15-,16?,18?,19-,20-,22-,23-/m1/s1. The summed E-state index contributed by atoms with van der Waals surface area (Å²) in [7, 11) is 2.94. The van der Waals surface area contributed by atoms with E-state index in [0.29, 0.717) is 0 Å². The molecule has 1 saturated heterocycles. The van der Waals surface area contributed by atoms with Gasteiger partial charge in [0.2, 0.25) is 0 Å². The van der Waals surface area contributed by atoms with Crippen LogP contribution in [0.15, 0.2) is 0 Å². The molecule has 0 spiro atoms. The number of ketones is 1. The Kier molecular flexibility index (Phi) is 9.66. The molecule has 10 atom stereocenters. The fraction of sp³-hybridized carbons (Fsp3) is 0.913. The number of aliphatic hydroxyl groups is 3. The first-order chi connectivity index (χ1) is 14.2. The summed E-state index contributed by atoms with van der Waals surface area (Å²) >= 11 is 0. The summed E-state index contributed by atoms with van der Waals surface area (Å²) in [5, 5.41) is 33.2. The molecule has 8 heteroatoms. The van der Waals surface area contributed by atoms with Crippen molar-refractivity contribution in [3.05, 3.63) is 0 Å². The van der Waals surface area contributed by atoms with Crippen LogP contribution >= 0.6 is 0 Å². The van der Waals surface area contributed by atoms with Crippen molar-refractivity contribution in [3.8, 4) is 0 Å². The Morgan fingerprint density at radius 3 is 2.03 bits per heavy atom. The topological polar surface area (TPSA) is 123 Å². The first-order valence-corrected chi connectivity index (χ1v) is 11.1. The van der Waals surface area contributed by atoms with Crippen LogP contribution < -0.4 is 0 Å². The Hall–Kier alpha value is -1.06. The molecule has 1 aliphatic heterocycles. The number of Topliss-reactive ketones (excluding diaryl/α,β-unsaturated/α-hetero) is 1. The second kappa shape index (κ2) is 10.7. The van der Waals surface area contributed by atoms with Gasteiger partial charge in [0.05, 0.1) is 29.8 Å². The summed E-state index contributed by atoms with van der Waals surface area (Å²) < 4.78 is 16.8. The number of carbonyl (C=O) groups is 2. The summed E-state index contributed by atoms with van der Waals surface area (Å²) in [5.41, 5.74) is -3.25. The first-order valence-electron chi connectivity index (χ1n) is 11.1. The van der Waals surface area contributed by atoms with Crippen LogP contribution in [0.3, 0.4) is 0 Å². The predicted molar refractivity (Wildman–Crippen MR) is 115 cm³/mol. The summed E-state index contributed by atoms with van der Waals surface area (Å²) in [6, 6.07) is 0. The zero-order chi connectivity index (χ0) is 24.3. The van der Waals surface area contributed by atoms with Crippen LogP contribution in [-0.4, -0.2) is 76.9 Å². The van der Waals surface area contributed by atoms with E-state index < -0.39 is 65.3 Å². The lowest BCUT2D eigenvalue weighted by atomic mass is 9.74. The van der Waals surface area contributed by atoms with Crippen LogP contribution in [0.2, 0.25) is 0 Å². The van der Waals surface area contributed by atoms with Crippen LogP contribution in [0.4, 0.5) is 0 Å². The fourth-order valence-corrected chi connectivity index (χ4v) is 5.22. The molecule has 0 aromatic heterocycles. The Morgan fingerprint density at radius 2 is 1.58 bits per heavy atom. The van der Waals surface area contributed by atoms with Crippen molar-refractivity contribution in [2.24, 2.45) is 23.7 Å². The minimum atomic E-state index is -1.84. The minimum absolute atomic E-state index is 0.0837. The molecule has 0 saturated carbocycles. The van der Waals surface area contributed by atoms with Crippen LogP contribution in [0.25, 0.3) is 0 Å². The van der Waals surface area contributed by atoms with Gasteiger partial charge >= 0.3 is 5.97 Å². The summed E-state index contributed by atoms with van der Waals surface area (Å²) in [4.78, 5) is 26.0. The van der Waals surface area contributed by atoms with Crippen molar-refractivity contribution in [1.29, 1.82) is 0 Å². The molecular formula is C23H42O8. The van der Waals surface area contributed by atoms with Gasteiger partial charge < -0.3 is 29.5 Å². The number of ether oxygens (including phenoxy) is 3. The number of hydrogen-bond donors (Lipinski definition) is 3. The van der Waals surface area contributed by atoms with Gasteiger partial charge in [0.1, 0.15) is 17.5 Å². The molecule has 0 aromatic carbocycles. The smallest absolute Gasteiger partial charge is 0.311 e. The molecule has 31 heavy (non-hydrogen) atoms. The van der Waals surface area contributed by atoms with E-state index in [1.165, 1.54) is 28.1 Å². The molecule has 1 rings (SSSR count). The van der Waals surface area contributed by atoms with E-state index in [1.54, 1.807) is 27.7 Å². The number of aliphatic hydroxyl groups excluding tert-OH is 1. The SMILES string of the molecule is CCC1OC(=O)[C@H](C)C(OC)[C@H](C)[C@@H](OC)[C@](C)(O)C[C@@H](C)C(=O)[C@H](C)[C@@H](O)[C@]1(C)O. The maximum Gasteiger partial charge on any atom is 0.311 e. The number of esters is 1. The number of cyclic esters (lactones) is 1. The minimum Gasteiger partial charge on any atom is -0.459 e. The lowest BCUT2D eigenvalue weighted by Gasteiger charge is -2.43. The van der Waals surface area contributed by atoms with E-state index in [-0.39, 0.29) is 18.6 Å². The first kappa shape index (κ1) is 28.0. The highest BCUT2D eigenvalue weighted by Crippen LogP contribution is 2.35. The van der Waals surface area contributed by atoms with Gasteiger partial charge in [-0.25, -0.2) is 0 Å². The summed E-state index contributed by atoms with van der Waals surface area (Å²) in [5.74, 6) is -3.58. The Labute approximate surface area is 186 Å². The number of methoxy groups -OCH3 is 2. The van der Waals surface area contributed by atoms with Crippen molar-refractivity contribution in [2.45, 2.75) is 96.9 Å². The highest BCUT2D eigenvalue weighted by Gasteiger charge is 2.49. The van der Waals surface area contributed by atoms with Crippen LogP contribution in [0.1, 0.15) is 61.3 Å². The normalized spacial score (nSPS) is 46.3. The summed E-state index contributed by atoms with van der Waals surface area (Å²) in [6.45, 7) is 11.4. The molecule has 182 valence electrons. The molecule has 0 aromatic rings. The lowest BCUT2D eigenvalue weighted by Crippen LogP contribution is -2.57. The zero-order valence-corrected chi connectivity index (χ0v) is 20.4. The molecule has 0 aliphatic carbocycles. The molecule has 0 bridgehead atoms. The van der Waals surface area contributed by atoms with Crippen LogP contribution in [-0.2, 0) is 23.8 Å². The van der Waals surface area contributed by atoms with Gasteiger partial charge in [-0.3, -0.25) is 9.59 Å². The van der Waals surface area contributed by atoms with E-state index >= 15 is 0 Å². The van der Waals surface area contributed by atoms with Crippen molar-refractivity contribution >= 4 is 11.8 Å². The molecule has 1 aliphatic rings. The maximum absolute atomic E-state index is 13.1. The molecule has 1 heterocycles. The molecule has 0 radical (unpaired) electrons. The summed E-state index contributed by atoms with van der Waals surface area (Å²) in [6.07, 6.45) is -3.51. The second-order valence-electron chi connectivity index (χ2n) is 9.66. The van der Waals surface area contributed by atoms with Gasteiger partial charge in [-0.05, 0) is 33.6 Å². The Balaban J connectivity index is 3.53. The van der Waals surface area contributed by atoms with E-state index in [1.807, 2.05) is 6.92 Å². The fourth-order valence-electron chi connectivity index (χ4n) is 5.22. The van der Waals surface area contributed by atoms with Crippen molar-refractivity contribution in [1.82, 2.24) is 0 Å². The maximum atomic E-state index is 13.1. The molecule has 8 nitrogen and oxygen atoms in total. The van der Waals surface area contributed by atoms with Gasteiger partial charge in [0.25, 0.3) is 0 Å². The van der Waals surface area contributed by atoms with E-state index in [0.717, 1.165) is 0 Å². The molecule has 0 amide bonds. The zero-order valence-electron chi connectivity index (χ0n) is 20.4. The van der Waals surface area contributed by atoms with Crippen molar-refractivity contribution < 1.29 is 39.1 Å². The van der Waals surface area contributed by atoms with Gasteiger partial charge in [0.15, 0.2) is 0 Å². The number of carbonyl (C=O) groups excluding carboxylic acids is 2. The number of rotatable bonds is 3. The molecule has 1 fully saturated rings. The van der Waals surface area contributed by atoms with E-state index in [2.05, 4.69) is 0 Å². The largest absolute Gasteiger partial charge is 0.459 e. The van der Waals surface area contributed by atoms with Gasteiger partial charge in [-0.2, -0.15) is 0 Å². The Bertz CT molecular complexity index is 617. The van der Waals surface area contributed by atoms with Gasteiger partial charge in [0, 0.05) is 32.0 Å². The quantitative estimate of drug-likeness (QED) is 0.560. The average molecular weight is 447 g/mol. The van der Waals surface area contributed by atoms with Crippen molar-refractivity contribution in [2.75, 3.05) is 14.2 Å². The number of hydrogen-bond acceptors (Lipinski definition) is 8. The van der Waals surface area contributed by atoms with Crippen LogP contribution in [0, 0.1) is 23.7 Å². The third-order valence-electron chi connectivity index (χ3n) is 7.01. The average Bonchev–Trinajstić information content (AvgIpc) is 2.69. The molecular weight excluding hydrogens is 404 g/mol. The van der Waals surface area contributed by atoms with E-state index in [4.69, 9.17) is 14.2 Å². The van der Waals surface area contributed by atoms with Gasteiger partial charge in [-0.1, -0.05) is 27.7 Å². The third kappa shape index (κ3) is 5.85. The highest BCUT2D eigenvalue weighted by molar-refractivity contribution is 5.83. The molecule has 2 unspecified atom stereocenters. The highest BCUT2D eigenvalue weighted by atomic mass is 16.6. The van der Waals surface area contributed by atoms with Gasteiger partial charge in [-0.15, -0.1) is 0 Å².